The molecular formula is C12H11F3O4. The van der Waals surface area contributed by atoms with Gasteiger partial charge in [0.1, 0.15) is 6.10 Å². The monoisotopic (exact) mass is 276 g/mol. The zero-order valence-electron chi connectivity index (χ0n) is 9.77. The Morgan fingerprint density at radius 2 is 2.00 bits per heavy atom. The van der Waals surface area contributed by atoms with Crippen molar-refractivity contribution in [2.75, 3.05) is 20.0 Å². The Bertz CT molecular complexity index is 471. The van der Waals surface area contributed by atoms with Gasteiger partial charge in [-0.25, -0.2) is 0 Å². The molecule has 0 N–H and O–H groups in total. The molecule has 2 aliphatic heterocycles. The van der Waals surface area contributed by atoms with Gasteiger partial charge >= 0.3 is 6.18 Å². The summed E-state index contributed by atoms with van der Waals surface area (Å²) in [5.41, 5.74) is -0.00241. The highest BCUT2D eigenvalue weighted by atomic mass is 19.4. The molecule has 0 aliphatic carbocycles. The zero-order chi connectivity index (χ0) is 13.5. The van der Waals surface area contributed by atoms with Crippen LogP contribution >= 0.6 is 0 Å². The second-order valence-electron chi connectivity index (χ2n) is 4.32. The normalized spacial score (nSPS) is 22.4. The van der Waals surface area contributed by atoms with Crippen LogP contribution in [0.1, 0.15) is 11.7 Å². The first kappa shape index (κ1) is 12.6. The molecule has 4 nitrogen and oxygen atoms in total. The molecule has 1 aromatic rings. The molecule has 0 spiro atoms. The molecule has 0 radical (unpaired) electrons. The van der Waals surface area contributed by atoms with E-state index >= 15 is 0 Å². The van der Waals surface area contributed by atoms with Crippen molar-refractivity contribution >= 4 is 0 Å². The number of hydrogen-bond donors (Lipinski definition) is 0. The summed E-state index contributed by atoms with van der Waals surface area (Å²) in [5.74, 6) is 0.744. The van der Waals surface area contributed by atoms with Gasteiger partial charge in [-0.2, -0.15) is 13.2 Å². The minimum Gasteiger partial charge on any atom is -0.454 e. The molecule has 0 unspecified atom stereocenters. The molecule has 0 saturated carbocycles. The van der Waals surface area contributed by atoms with Crippen LogP contribution < -0.4 is 9.47 Å². The van der Waals surface area contributed by atoms with Crippen LogP contribution in [0, 0.1) is 0 Å². The summed E-state index contributed by atoms with van der Waals surface area (Å²) in [6.45, 7) is 0.399. The second-order valence-corrected chi connectivity index (χ2v) is 4.32. The second kappa shape index (κ2) is 4.57. The molecule has 1 aromatic carbocycles. The SMILES string of the molecule is FC(F)(F)[C@@H](OC[C@H]1CO1)c1ccc2c(c1)OCO2. The van der Waals surface area contributed by atoms with Crippen LogP contribution in [0.3, 0.4) is 0 Å². The largest absolute Gasteiger partial charge is 0.454 e. The van der Waals surface area contributed by atoms with E-state index in [1.165, 1.54) is 18.2 Å². The standard InChI is InChI=1S/C12H11F3O4/c13-12(14,15)11(17-5-8-4-16-8)7-1-2-9-10(3-7)19-6-18-9/h1-3,8,11H,4-6H2/t8-,11+/m1/s1. The van der Waals surface area contributed by atoms with Gasteiger partial charge in [0, 0.05) is 0 Å². The molecule has 2 heterocycles. The molecular weight excluding hydrogens is 265 g/mol. The van der Waals surface area contributed by atoms with Crippen molar-refractivity contribution in [3.8, 4) is 11.5 Å². The molecule has 1 fully saturated rings. The van der Waals surface area contributed by atoms with Crippen LogP contribution in [0.25, 0.3) is 0 Å². The van der Waals surface area contributed by atoms with Crippen LogP contribution in [0.4, 0.5) is 13.2 Å². The van der Waals surface area contributed by atoms with Gasteiger partial charge in [-0.05, 0) is 17.7 Å². The first-order valence-corrected chi connectivity index (χ1v) is 5.73. The van der Waals surface area contributed by atoms with Gasteiger partial charge in [-0.1, -0.05) is 6.07 Å². The van der Waals surface area contributed by atoms with Crippen molar-refractivity contribution in [3.63, 3.8) is 0 Å². The van der Waals surface area contributed by atoms with Crippen LogP contribution in [0.5, 0.6) is 11.5 Å². The average molecular weight is 276 g/mol. The molecule has 104 valence electrons. The summed E-state index contributed by atoms with van der Waals surface area (Å²) < 4.78 is 58.9. The van der Waals surface area contributed by atoms with E-state index in [-0.39, 0.29) is 25.1 Å². The third kappa shape index (κ3) is 2.76. The Labute approximate surface area is 107 Å². The number of benzene rings is 1. The molecule has 0 amide bonds. The maximum absolute atomic E-state index is 13.0. The van der Waals surface area contributed by atoms with Gasteiger partial charge in [0.25, 0.3) is 0 Å². The van der Waals surface area contributed by atoms with Crippen molar-refractivity contribution in [1.29, 1.82) is 0 Å². The molecule has 2 aliphatic rings. The fourth-order valence-corrected chi connectivity index (χ4v) is 1.82. The Kier molecular flexibility index (Phi) is 3.02. The topological polar surface area (TPSA) is 40.2 Å². The lowest BCUT2D eigenvalue weighted by Crippen LogP contribution is -2.25. The van der Waals surface area contributed by atoms with E-state index in [0.717, 1.165) is 0 Å². The predicted molar refractivity (Wildman–Crippen MR) is 57.1 cm³/mol. The lowest BCUT2D eigenvalue weighted by atomic mass is 10.1. The fraction of sp³-hybridized carbons (Fsp3) is 0.500. The minimum atomic E-state index is -4.48. The first-order chi connectivity index (χ1) is 9.04. The number of epoxide rings is 1. The Morgan fingerprint density at radius 1 is 1.26 bits per heavy atom. The van der Waals surface area contributed by atoms with Crippen LogP contribution in [0.15, 0.2) is 18.2 Å². The fourth-order valence-electron chi connectivity index (χ4n) is 1.82. The van der Waals surface area contributed by atoms with E-state index in [1.54, 1.807) is 0 Å². The number of hydrogen-bond acceptors (Lipinski definition) is 4. The average Bonchev–Trinajstić information content (AvgIpc) is 3.04. The van der Waals surface area contributed by atoms with Crippen molar-refractivity contribution in [3.05, 3.63) is 23.8 Å². The van der Waals surface area contributed by atoms with Crippen LogP contribution in [-0.4, -0.2) is 32.3 Å². The van der Waals surface area contributed by atoms with Gasteiger partial charge in [0.15, 0.2) is 17.6 Å². The molecule has 2 atom stereocenters. The molecule has 7 heteroatoms. The zero-order valence-corrected chi connectivity index (χ0v) is 9.77. The summed E-state index contributed by atoms with van der Waals surface area (Å²) in [5, 5.41) is 0. The lowest BCUT2D eigenvalue weighted by Gasteiger charge is -2.21. The quantitative estimate of drug-likeness (QED) is 0.792. The summed E-state index contributed by atoms with van der Waals surface area (Å²) in [4.78, 5) is 0. The van der Waals surface area contributed by atoms with E-state index in [9.17, 15) is 13.2 Å². The predicted octanol–water partition coefficient (Wildman–Crippen LogP) is 2.43. The molecule has 1 saturated heterocycles. The van der Waals surface area contributed by atoms with Gasteiger partial charge in [0.2, 0.25) is 6.79 Å². The van der Waals surface area contributed by atoms with Crippen LogP contribution in [0.2, 0.25) is 0 Å². The molecule has 19 heavy (non-hydrogen) atoms. The molecule has 3 rings (SSSR count). The lowest BCUT2D eigenvalue weighted by molar-refractivity contribution is -0.224. The summed E-state index contributed by atoms with van der Waals surface area (Å²) in [6, 6.07) is 4.08. The van der Waals surface area contributed by atoms with Crippen molar-refractivity contribution in [1.82, 2.24) is 0 Å². The van der Waals surface area contributed by atoms with Gasteiger partial charge in [-0.15, -0.1) is 0 Å². The summed E-state index contributed by atoms with van der Waals surface area (Å²) in [7, 11) is 0. The smallest absolute Gasteiger partial charge is 0.418 e. The van der Waals surface area contributed by atoms with Crippen molar-refractivity contribution in [2.24, 2.45) is 0 Å². The number of ether oxygens (including phenoxy) is 4. The minimum absolute atomic E-state index is 0.00241. The third-order valence-electron chi connectivity index (χ3n) is 2.85. The van der Waals surface area contributed by atoms with E-state index in [0.29, 0.717) is 18.1 Å². The molecule has 0 bridgehead atoms. The van der Waals surface area contributed by atoms with Gasteiger partial charge in [0.05, 0.1) is 13.2 Å². The van der Waals surface area contributed by atoms with Crippen molar-refractivity contribution in [2.45, 2.75) is 18.4 Å². The third-order valence-corrected chi connectivity index (χ3v) is 2.85. The van der Waals surface area contributed by atoms with E-state index in [2.05, 4.69) is 0 Å². The number of fused-ring (bicyclic) bond motifs is 1. The number of alkyl halides is 3. The Balaban J connectivity index is 1.81. The van der Waals surface area contributed by atoms with E-state index < -0.39 is 12.3 Å². The number of halogens is 3. The van der Waals surface area contributed by atoms with E-state index in [4.69, 9.17) is 18.9 Å². The van der Waals surface area contributed by atoms with E-state index in [1.807, 2.05) is 0 Å². The molecule has 0 aromatic heterocycles. The van der Waals surface area contributed by atoms with Gasteiger partial charge < -0.3 is 18.9 Å². The summed E-state index contributed by atoms with van der Waals surface area (Å²) >= 11 is 0. The highest BCUT2D eigenvalue weighted by Gasteiger charge is 2.43. The Morgan fingerprint density at radius 3 is 2.68 bits per heavy atom. The summed E-state index contributed by atoms with van der Waals surface area (Å²) in [6.07, 6.45) is -6.69. The van der Waals surface area contributed by atoms with Crippen LogP contribution in [-0.2, 0) is 9.47 Å². The highest BCUT2D eigenvalue weighted by molar-refractivity contribution is 5.45. The number of rotatable bonds is 4. The maximum Gasteiger partial charge on any atom is 0.418 e. The van der Waals surface area contributed by atoms with Gasteiger partial charge in [-0.3, -0.25) is 0 Å². The first-order valence-electron chi connectivity index (χ1n) is 5.73. The van der Waals surface area contributed by atoms with Crippen molar-refractivity contribution < 1.29 is 32.1 Å². The highest BCUT2D eigenvalue weighted by Crippen LogP contribution is 2.41. The Hall–Kier alpha value is -1.47. The maximum atomic E-state index is 13.0.